The maximum absolute atomic E-state index is 12.2. The van der Waals surface area contributed by atoms with Gasteiger partial charge in [0.1, 0.15) is 0 Å². The normalized spacial score (nSPS) is 15.2. The van der Waals surface area contributed by atoms with Gasteiger partial charge < -0.3 is 4.98 Å². The van der Waals surface area contributed by atoms with Gasteiger partial charge in [-0.25, -0.2) is 0 Å². The molecule has 0 radical (unpaired) electrons. The molecule has 1 heterocycles. The Morgan fingerprint density at radius 1 is 0.944 bits per heavy atom. The van der Waals surface area contributed by atoms with Crippen LogP contribution in [0.5, 0.6) is 0 Å². The second-order valence-electron chi connectivity index (χ2n) is 4.97. The van der Waals surface area contributed by atoms with Crippen molar-refractivity contribution in [1.82, 2.24) is 4.98 Å². The maximum Gasteiger partial charge on any atom is 0.165 e. The number of hydrogen-bond donors (Lipinski definition) is 1. The van der Waals surface area contributed by atoms with Crippen molar-refractivity contribution in [2.24, 2.45) is 0 Å². The summed E-state index contributed by atoms with van der Waals surface area (Å²) in [6.07, 6.45) is 2.69. The number of fused-ring (bicyclic) bond motifs is 5. The molecule has 0 spiro atoms. The number of para-hydroxylation sites is 1. The van der Waals surface area contributed by atoms with E-state index in [4.69, 9.17) is 0 Å². The van der Waals surface area contributed by atoms with Crippen LogP contribution in [-0.2, 0) is 6.42 Å². The minimum atomic E-state index is 0.286. The third-order valence-electron chi connectivity index (χ3n) is 3.90. The molecule has 0 bridgehead atoms. The van der Waals surface area contributed by atoms with E-state index < -0.39 is 0 Å². The molecule has 0 amide bonds. The summed E-state index contributed by atoms with van der Waals surface area (Å²) in [4.78, 5) is 15.6. The Hall–Kier alpha value is -2.09. The minimum absolute atomic E-state index is 0.286. The molecule has 18 heavy (non-hydrogen) atoms. The molecule has 0 fully saturated rings. The lowest BCUT2D eigenvalue weighted by molar-refractivity contribution is 0.0974. The average molecular weight is 235 g/mol. The van der Waals surface area contributed by atoms with Crippen molar-refractivity contribution in [3.63, 3.8) is 0 Å². The van der Waals surface area contributed by atoms with Crippen LogP contribution in [-0.4, -0.2) is 10.8 Å². The fourth-order valence-electron chi connectivity index (χ4n) is 3.05. The van der Waals surface area contributed by atoms with Gasteiger partial charge in [-0.05, 0) is 24.5 Å². The number of Topliss-reactive ketones (excluding diaryl/α,β-unsaturated/α-hetero) is 1. The average Bonchev–Trinajstić information content (AvgIpc) is 2.77. The fourth-order valence-corrected chi connectivity index (χ4v) is 3.05. The Kier molecular flexibility index (Phi) is 1.90. The van der Waals surface area contributed by atoms with Crippen molar-refractivity contribution >= 4 is 27.6 Å². The van der Waals surface area contributed by atoms with Gasteiger partial charge in [0.05, 0.1) is 5.52 Å². The van der Waals surface area contributed by atoms with E-state index >= 15 is 0 Å². The van der Waals surface area contributed by atoms with Crippen LogP contribution in [0.15, 0.2) is 36.4 Å². The van der Waals surface area contributed by atoms with Gasteiger partial charge in [0, 0.05) is 28.3 Å². The zero-order valence-corrected chi connectivity index (χ0v) is 9.99. The quantitative estimate of drug-likeness (QED) is 0.631. The molecule has 0 saturated carbocycles. The predicted molar refractivity (Wildman–Crippen MR) is 73.1 cm³/mol. The van der Waals surface area contributed by atoms with Crippen molar-refractivity contribution in [3.8, 4) is 0 Å². The largest absolute Gasteiger partial charge is 0.354 e. The molecule has 0 saturated heterocycles. The Labute approximate surface area is 105 Å². The highest BCUT2D eigenvalue weighted by molar-refractivity contribution is 6.16. The van der Waals surface area contributed by atoms with Crippen LogP contribution in [0.1, 0.15) is 28.8 Å². The molecular formula is C16H13NO. The lowest BCUT2D eigenvalue weighted by Gasteiger charge is -2.14. The van der Waals surface area contributed by atoms with E-state index in [0.29, 0.717) is 6.42 Å². The molecule has 1 aliphatic rings. The van der Waals surface area contributed by atoms with E-state index in [2.05, 4.69) is 29.2 Å². The predicted octanol–water partition coefficient (Wildman–Crippen LogP) is 3.84. The van der Waals surface area contributed by atoms with Crippen LogP contribution in [0.3, 0.4) is 0 Å². The molecule has 1 aromatic heterocycles. The molecule has 88 valence electrons. The monoisotopic (exact) mass is 235 g/mol. The number of aromatic nitrogens is 1. The molecule has 1 N–H and O–H groups in total. The lowest BCUT2D eigenvalue weighted by Crippen LogP contribution is -2.11. The zero-order chi connectivity index (χ0) is 12.1. The van der Waals surface area contributed by atoms with E-state index in [1.807, 2.05) is 12.1 Å². The molecule has 1 aliphatic carbocycles. The molecule has 4 rings (SSSR count). The van der Waals surface area contributed by atoms with Gasteiger partial charge >= 0.3 is 0 Å². The highest BCUT2D eigenvalue weighted by Crippen LogP contribution is 2.32. The molecule has 0 unspecified atom stereocenters. The molecule has 0 atom stereocenters. The number of H-pyrrole nitrogens is 1. The van der Waals surface area contributed by atoms with Crippen LogP contribution < -0.4 is 0 Å². The first-order valence-corrected chi connectivity index (χ1v) is 6.40. The number of aromatic amines is 1. The number of nitrogens with one attached hydrogen (secondary N) is 1. The lowest BCUT2D eigenvalue weighted by atomic mass is 9.89. The number of rotatable bonds is 0. The van der Waals surface area contributed by atoms with Crippen LogP contribution >= 0.6 is 0 Å². The molecular weight excluding hydrogens is 222 g/mol. The first kappa shape index (κ1) is 9.89. The molecule has 2 heteroatoms. The van der Waals surface area contributed by atoms with E-state index in [0.717, 1.165) is 29.4 Å². The highest BCUT2D eigenvalue weighted by atomic mass is 16.1. The first-order chi connectivity index (χ1) is 8.84. The Balaban J connectivity index is 2.20. The number of benzene rings is 2. The Morgan fingerprint density at radius 3 is 2.78 bits per heavy atom. The van der Waals surface area contributed by atoms with E-state index in [-0.39, 0.29) is 5.78 Å². The number of aryl methyl sites for hydroxylation is 1. The van der Waals surface area contributed by atoms with E-state index in [1.54, 1.807) is 0 Å². The summed E-state index contributed by atoms with van der Waals surface area (Å²) in [5.74, 6) is 0.286. The van der Waals surface area contributed by atoms with Gasteiger partial charge in [0.25, 0.3) is 0 Å². The first-order valence-electron chi connectivity index (χ1n) is 6.40. The second-order valence-corrected chi connectivity index (χ2v) is 4.97. The number of carbonyl (C=O) groups excluding carboxylic acids is 1. The van der Waals surface area contributed by atoms with Crippen LogP contribution in [0.2, 0.25) is 0 Å². The minimum Gasteiger partial charge on any atom is -0.354 e. The van der Waals surface area contributed by atoms with E-state index in [9.17, 15) is 4.79 Å². The molecule has 0 aliphatic heterocycles. The van der Waals surface area contributed by atoms with Gasteiger partial charge in [0.15, 0.2) is 5.78 Å². The highest BCUT2D eigenvalue weighted by Gasteiger charge is 2.21. The smallest absolute Gasteiger partial charge is 0.165 e. The van der Waals surface area contributed by atoms with Crippen LogP contribution in [0.25, 0.3) is 21.8 Å². The third-order valence-corrected chi connectivity index (χ3v) is 3.90. The summed E-state index contributed by atoms with van der Waals surface area (Å²) in [5.41, 5.74) is 4.26. The van der Waals surface area contributed by atoms with Crippen LogP contribution in [0, 0.1) is 0 Å². The van der Waals surface area contributed by atoms with Crippen molar-refractivity contribution in [2.45, 2.75) is 19.3 Å². The standard InChI is InChI=1S/C16H13NO/c18-14-7-3-4-10-8-9-12-11-5-1-2-6-13(11)17-16(12)15(10)14/h1-2,5-6,8-9,17H,3-4,7H2. The summed E-state index contributed by atoms with van der Waals surface area (Å²) < 4.78 is 0. The summed E-state index contributed by atoms with van der Waals surface area (Å²) in [6, 6.07) is 12.5. The summed E-state index contributed by atoms with van der Waals surface area (Å²) in [7, 11) is 0. The number of ketones is 1. The molecule has 3 aromatic rings. The summed E-state index contributed by atoms with van der Waals surface area (Å²) in [6.45, 7) is 0. The number of carbonyl (C=O) groups is 1. The SMILES string of the molecule is O=C1CCCc2ccc3c([nH]c4ccccc43)c21. The van der Waals surface area contributed by atoms with Crippen molar-refractivity contribution in [1.29, 1.82) is 0 Å². The van der Waals surface area contributed by atoms with Crippen molar-refractivity contribution in [3.05, 3.63) is 47.5 Å². The number of hydrogen-bond acceptors (Lipinski definition) is 1. The Bertz CT molecular complexity index is 782. The van der Waals surface area contributed by atoms with Gasteiger partial charge in [-0.1, -0.05) is 30.3 Å². The zero-order valence-electron chi connectivity index (χ0n) is 9.99. The van der Waals surface area contributed by atoms with Gasteiger partial charge in [-0.3, -0.25) is 4.79 Å². The fraction of sp³-hybridized carbons (Fsp3) is 0.188. The van der Waals surface area contributed by atoms with Gasteiger partial charge in [-0.2, -0.15) is 0 Å². The summed E-state index contributed by atoms with van der Waals surface area (Å²) >= 11 is 0. The third kappa shape index (κ3) is 1.20. The molecule has 2 nitrogen and oxygen atoms in total. The second kappa shape index (κ2) is 3.45. The van der Waals surface area contributed by atoms with Crippen molar-refractivity contribution in [2.75, 3.05) is 0 Å². The topological polar surface area (TPSA) is 32.9 Å². The van der Waals surface area contributed by atoms with Crippen molar-refractivity contribution < 1.29 is 4.79 Å². The summed E-state index contributed by atoms with van der Waals surface area (Å²) in [5, 5.41) is 2.37. The van der Waals surface area contributed by atoms with Crippen LogP contribution in [0.4, 0.5) is 0 Å². The maximum atomic E-state index is 12.2. The molecule has 2 aromatic carbocycles. The Morgan fingerprint density at radius 2 is 1.83 bits per heavy atom. The van der Waals surface area contributed by atoms with Gasteiger partial charge in [0.2, 0.25) is 0 Å². The van der Waals surface area contributed by atoms with Gasteiger partial charge in [-0.15, -0.1) is 0 Å². The van der Waals surface area contributed by atoms with E-state index in [1.165, 1.54) is 16.3 Å².